The number of benzene rings is 1. The fraction of sp³-hybridized carbons (Fsp3) is 0.650. The second-order valence-electron chi connectivity index (χ2n) is 7.30. The maximum Gasteiger partial charge on any atom is 0.191 e. The van der Waals surface area contributed by atoms with Crippen molar-refractivity contribution in [3.05, 3.63) is 24.3 Å². The second-order valence-corrected chi connectivity index (χ2v) is 7.30. The summed E-state index contributed by atoms with van der Waals surface area (Å²) in [5.74, 6) is 3.03. The predicted octanol–water partition coefficient (Wildman–Crippen LogP) is 2.11. The molecule has 1 aromatic carbocycles. The van der Waals surface area contributed by atoms with Crippen molar-refractivity contribution >= 4 is 5.96 Å². The van der Waals surface area contributed by atoms with Crippen LogP contribution in [0.3, 0.4) is 0 Å². The van der Waals surface area contributed by atoms with E-state index in [0.29, 0.717) is 19.1 Å². The molecule has 26 heavy (non-hydrogen) atoms. The Hall–Kier alpha value is -1.95. The normalized spacial score (nSPS) is 21.9. The van der Waals surface area contributed by atoms with E-state index in [0.717, 1.165) is 30.5 Å². The summed E-state index contributed by atoms with van der Waals surface area (Å²) in [4.78, 5) is 6.90. The van der Waals surface area contributed by atoms with Crippen LogP contribution < -0.4 is 20.1 Å². The Morgan fingerprint density at radius 2 is 1.96 bits per heavy atom. The first kappa shape index (κ1) is 18.8. The molecule has 2 aliphatic heterocycles. The number of hydrogen-bond acceptors (Lipinski definition) is 4. The number of piperidine rings is 1. The van der Waals surface area contributed by atoms with Crippen molar-refractivity contribution in [1.29, 1.82) is 0 Å². The third-order valence-electron chi connectivity index (χ3n) is 4.92. The van der Waals surface area contributed by atoms with Gasteiger partial charge in [0, 0.05) is 20.1 Å². The van der Waals surface area contributed by atoms with Gasteiger partial charge in [0.15, 0.2) is 17.5 Å². The summed E-state index contributed by atoms with van der Waals surface area (Å²) >= 11 is 0. The van der Waals surface area contributed by atoms with E-state index in [1.54, 1.807) is 7.05 Å². The summed E-state index contributed by atoms with van der Waals surface area (Å²) in [5, 5.41) is 6.78. The highest BCUT2D eigenvalue weighted by Crippen LogP contribution is 2.30. The molecule has 1 saturated heterocycles. The number of nitrogens with one attached hydrogen (secondary N) is 2. The highest BCUT2D eigenvalue weighted by Gasteiger charge is 2.21. The zero-order valence-corrected chi connectivity index (χ0v) is 16.0. The van der Waals surface area contributed by atoms with Gasteiger partial charge in [0.05, 0.1) is 6.54 Å². The number of nitrogens with zero attached hydrogens (tertiary/aromatic N) is 2. The first-order valence-electron chi connectivity index (χ1n) is 9.80. The first-order valence-corrected chi connectivity index (χ1v) is 9.80. The Balaban J connectivity index is 1.37. The molecule has 0 aliphatic carbocycles. The van der Waals surface area contributed by atoms with Crippen LogP contribution in [-0.2, 0) is 0 Å². The fourth-order valence-electron chi connectivity index (χ4n) is 3.51. The van der Waals surface area contributed by atoms with Crippen LogP contribution in [0.15, 0.2) is 29.3 Å². The Morgan fingerprint density at radius 3 is 2.73 bits per heavy atom. The number of para-hydroxylation sites is 2. The molecule has 2 heterocycles. The lowest BCUT2D eigenvalue weighted by molar-refractivity contribution is 0.0936. The molecule has 0 bridgehead atoms. The summed E-state index contributed by atoms with van der Waals surface area (Å²) < 4.78 is 11.7. The van der Waals surface area contributed by atoms with Gasteiger partial charge in [-0.25, -0.2) is 0 Å². The Bertz CT molecular complexity index is 587. The van der Waals surface area contributed by atoms with E-state index < -0.39 is 0 Å². The monoisotopic (exact) mass is 360 g/mol. The van der Waals surface area contributed by atoms with Crippen LogP contribution in [0.1, 0.15) is 26.2 Å². The van der Waals surface area contributed by atoms with E-state index in [2.05, 4.69) is 27.4 Å². The zero-order chi connectivity index (χ0) is 18.2. The van der Waals surface area contributed by atoms with E-state index in [-0.39, 0.29) is 6.10 Å². The van der Waals surface area contributed by atoms with Gasteiger partial charge in [-0.3, -0.25) is 4.99 Å². The van der Waals surface area contributed by atoms with Gasteiger partial charge in [0.2, 0.25) is 0 Å². The molecule has 2 atom stereocenters. The third-order valence-corrected chi connectivity index (χ3v) is 4.92. The molecular formula is C20H32N4O2. The van der Waals surface area contributed by atoms with Crippen molar-refractivity contribution in [1.82, 2.24) is 15.5 Å². The highest BCUT2D eigenvalue weighted by molar-refractivity contribution is 5.79. The van der Waals surface area contributed by atoms with Crippen molar-refractivity contribution in [3.8, 4) is 11.5 Å². The molecule has 0 radical (unpaired) electrons. The minimum absolute atomic E-state index is 0.0192. The standard InChI is InChI=1S/C20H32N4O2/c1-16(14-24-10-6-3-7-11-24)12-22-20(21-2)23-13-17-15-25-18-8-4-5-9-19(18)26-17/h4-5,8-9,16-17H,3,6-7,10-15H2,1-2H3,(H2,21,22,23). The predicted molar refractivity (Wildman–Crippen MR) is 105 cm³/mol. The van der Waals surface area contributed by atoms with Crippen LogP contribution in [0.2, 0.25) is 0 Å². The Kier molecular flexibility index (Phi) is 7.00. The number of ether oxygens (including phenoxy) is 2. The Morgan fingerprint density at radius 1 is 1.19 bits per heavy atom. The molecule has 0 saturated carbocycles. The molecule has 2 unspecified atom stereocenters. The third kappa shape index (κ3) is 5.53. The van der Waals surface area contributed by atoms with E-state index in [1.165, 1.54) is 32.4 Å². The van der Waals surface area contributed by atoms with Crippen LogP contribution in [-0.4, -0.2) is 63.3 Å². The van der Waals surface area contributed by atoms with Gasteiger partial charge in [-0.1, -0.05) is 25.5 Å². The molecule has 0 aromatic heterocycles. The molecular weight excluding hydrogens is 328 g/mol. The van der Waals surface area contributed by atoms with Gasteiger partial charge in [-0.2, -0.15) is 0 Å². The number of guanidine groups is 1. The number of likely N-dealkylation sites (tertiary alicyclic amines) is 1. The molecule has 144 valence electrons. The van der Waals surface area contributed by atoms with Gasteiger partial charge in [-0.05, 0) is 44.0 Å². The molecule has 6 nitrogen and oxygen atoms in total. The molecule has 6 heteroatoms. The smallest absolute Gasteiger partial charge is 0.191 e. The quantitative estimate of drug-likeness (QED) is 0.601. The maximum absolute atomic E-state index is 5.98. The number of hydrogen-bond donors (Lipinski definition) is 2. The van der Waals surface area contributed by atoms with Gasteiger partial charge in [0.25, 0.3) is 0 Å². The molecule has 2 aliphatic rings. The summed E-state index contributed by atoms with van der Waals surface area (Å²) in [6, 6.07) is 7.79. The highest BCUT2D eigenvalue weighted by atomic mass is 16.6. The van der Waals surface area contributed by atoms with Crippen molar-refractivity contribution in [2.24, 2.45) is 10.9 Å². The van der Waals surface area contributed by atoms with Gasteiger partial charge in [0.1, 0.15) is 12.7 Å². The lowest BCUT2D eigenvalue weighted by Crippen LogP contribution is -2.47. The molecule has 2 N–H and O–H groups in total. The number of fused-ring (bicyclic) bond motifs is 1. The van der Waals surface area contributed by atoms with Crippen LogP contribution in [0.5, 0.6) is 11.5 Å². The Labute approximate surface area is 157 Å². The van der Waals surface area contributed by atoms with Crippen LogP contribution in [0, 0.1) is 5.92 Å². The zero-order valence-electron chi connectivity index (χ0n) is 16.0. The average Bonchev–Trinajstić information content (AvgIpc) is 2.68. The second kappa shape index (κ2) is 9.67. The van der Waals surface area contributed by atoms with Crippen molar-refractivity contribution in [2.45, 2.75) is 32.3 Å². The lowest BCUT2D eigenvalue weighted by Gasteiger charge is -2.29. The summed E-state index contributed by atoms with van der Waals surface area (Å²) in [6.07, 6.45) is 4.05. The average molecular weight is 361 g/mol. The van der Waals surface area contributed by atoms with Gasteiger partial charge in [-0.15, -0.1) is 0 Å². The maximum atomic E-state index is 5.98. The molecule has 0 spiro atoms. The molecule has 1 aromatic rings. The van der Waals surface area contributed by atoms with Crippen LogP contribution in [0.25, 0.3) is 0 Å². The number of aliphatic imine (C=N–C) groups is 1. The van der Waals surface area contributed by atoms with Gasteiger partial charge >= 0.3 is 0 Å². The summed E-state index contributed by atoms with van der Waals surface area (Å²) in [5.41, 5.74) is 0. The topological polar surface area (TPSA) is 58.1 Å². The molecule has 1 fully saturated rings. The minimum Gasteiger partial charge on any atom is -0.486 e. The van der Waals surface area contributed by atoms with E-state index in [4.69, 9.17) is 9.47 Å². The van der Waals surface area contributed by atoms with Crippen molar-refractivity contribution < 1.29 is 9.47 Å². The van der Waals surface area contributed by atoms with E-state index in [1.807, 2.05) is 24.3 Å². The van der Waals surface area contributed by atoms with Crippen molar-refractivity contribution in [3.63, 3.8) is 0 Å². The van der Waals surface area contributed by atoms with E-state index in [9.17, 15) is 0 Å². The number of rotatable bonds is 6. The van der Waals surface area contributed by atoms with Gasteiger partial charge < -0.3 is 25.0 Å². The minimum atomic E-state index is -0.0192. The largest absolute Gasteiger partial charge is 0.486 e. The van der Waals surface area contributed by atoms with Crippen LogP contribution in [0.4, 0.5) is 0 Å². The SMILES string of the molecule is CN=C(NCC(C)CN1CCCCC1)NCC1COc2ccccc2O1. The summed E-state index contributed by atoms with van der Waals surface area (Å²) in [6.45, 7) is 8.07. The lowest BCUT2D eigenvalue weighted by atomic mass is 10.1. The molecule has 0 amide bonds. The van der Waals surface area contributed by atoms with Crippen LogP contribution >= 0.6 is 0 Å². The van der Waals surface area contributed by atoms with Crippen molar-refractivity contribution in [2.75, 3.05) is 46.4 Å². The fourth-order valence-corrected chi connectivity index (χ4v) is 3.51. The molecule has 3 rings (SSSR count). The summed E-state index contributed by atoms with van der Waals surface area (Å²) in [7, 11) is 1.80. The van der Waals surface area contributed by atoms with E-state index >= 15 is 0 Å². The first-order chi connectivity index (χ1) is 12.7.